The zero-order valence-electron chi connectivity index (χ0n) is 10.2. The third-order valence-electron chi connectivity index (χ3n) is 2.19. The number of hydrogen-bond donors (Lipinski definition) is 1. The van der Waals surface area contributed by atoms with Gasteiger partial charge in [-0.3, -0.25) is 0 Å². The van der Waals surface area contributed by atoms with Crippen LogP contribution in [0.15, 0.2) is 18.2 Å². The summed E-state index contributed by atoms with van der Waals surface area (Å²) in [5.74, 6) is -0.783. The molecular formula is C12H14F4O3. The van der Waals surface area contributed by atoms with Crippen LogP contribution in [0.4, 0.5) is 17.6 Å². The van der Waals surface area contributed by atoms with Gasteiger partial charge in [0.25, 0.3) is 0 Å². The lowest BCUT2D eigenvalue weighted by molar-refractivity contribution is -0.175. The van der Waals surface area contributed by atoms with Gasteiger partial charge < -0.3 is 14.6 Å². The maximum Gasteiger partial charge on any atom is 0.411 e. The van der Waals surface area contributed by atoms with Crippen LogP contribution in [-0.4, -0.2) is 31.1 Å². The fraction of sp³-hybridized carbons (Fsp3) is 0.500. The van der Waals surface area contributed by atoms with Crippen LogP contribution < -0.4 is 4.74 Å². The molecule has 1 unspecified atom stereocenters. The number of hydrogen-bond acceptors (Lipinski definition) is 3. The van der Waals surface area contributed by atoms with E-state index in [9.17, 15) is 22.7 Å². The number of halogens is 4. The van der Waals surface area contributed by atoms with Gasteiger partial charge in [-0.25, -0.2) is 4.39 Å². The number of alkyl halides is 3. The van der Waals surface area contributed by atoms with Crippen LogP contribution in [0.5, 0.6) is 5.75 Å². The van der Waals surface area contributed by atoms with Crippen LogP contribution in [0, 0.1) is 5.82 Å². The minimum absolute atomic E-state index is 0.0972. The molecule has 0 saturated heterocycles. The van der Waals surface area contributed by atoms with Crippen LogP contribution in [0.1, 0.15) is 18.6 Å². The van der Waals surface area contributed by atoms with Gasteiger partial charge in [0.15, 0.2) is 11.6 Å². The minimum atomic E-state index is -4.38. The van der Waals surface area contributed by atoms with Gasteiger partial charge in [0, 0.05) is 0 Å². The average Bonchev–Trinajstić information content (AvgIpc) is 2.28. The zero-order chi connectivity index (χ0) is 14.5. The normalized spacial score (nSPS) is 13.4. The standard InChI is InChI=1S/C12H14F4O3/c1-8(17)9-2-3-11(10(13)6-9)19-5-4-18-7-12(14,15)16/h2-3,6,8,17H,4-5,7H2,1H3. The lowest BCUT2D eigenvalue weighted by Gasteiger charge is -2.11. The fourth-order valence-corrected chi connectivity index (χ4v) is 1.29. The van der Waals surface area contributed by atoms with Gasteiger partial charge >= 0.3 is 6.18 Å². The van der Waals surface area contributed by atoms with Gasteiger partial charge in [0.1, 0.15) is 13.2 Å². The van der Waals surface area contributed by atoms with Crippen molar-refractivity contribution in [2.45, 2.75) is 19.2 Å². The van der Waals surface area contributed by atoms with Gasteiger partial charge in [-0.15, -0.1) is 0 Å². The second kappa shape index (κ2) is 6.72. The second-order valence-corrected chi connectivity index (χ2v) is 3.88. The van der Waals surface area contributed by atoms with Crippen molar-refractivity contribution in [1.29, 1.82) is 0 Å². The molecular weight excluding hydrogens is 268 g/mol. The molecule has 0 spiro atoms. The van der Waals surface area contributed by atoms with Crippen LogP contribution in [-0.2, 0) is 4.74 Å². The summed E-state index contributed by atoms with van der Waals surface area (Å²) in [4.78, 5) is 0. The molecule has 19 heavy (non-hydrogen) atoms. The third kappa shape index (κ3) is 5.89. The van der Waals surface area contributed by atoms with E-state index in [1.807, 2.05) is 0 Å². The molecule has 0 radical (unpaired) electrons. The van der Waals surface area contributed by atoms with Crippen molar-refractivity contribution in [3.05, 3.63) is 29.6 Å². The Labute approximate surface area is 107 Å². The van der Waals surface area contributed by atoms with Crippen molar-refractivity contribution in [1.82, 2.24) is 0 Å². The minimum Gasteiger partial charge on any atom is -0.488 e. The Morgan fingerprint density at radius 2 is 1.95 bits per heavy atom. The Morgan fingerprint density at radius 3 is 2.47 bits per heavy atom. The van der Waals surface area contributed by atoms with Gasteiger partial charge in [0.05, 0.1) is 12.7 Å². The van der Waals surface area contributed by atoms with Gasteiger partial charge in [-0.05, 0) is 24.6 Å². The first kappa shape index (κ1) is 15.7. The van der Waals surface area contributed by atoms with Crippen LogP contribution in [0.3, 0.4) is 0 Å². The van der Waals surface area contributed by atoms with Gasteiger partial charge in [0.2, 0.25) is 0 Å². The molecule has 1 aromatic rings. The fourth-order valence-electron chi connectivity index (χ4n) is 1.29. The monoisotopic (exact) mass is 282 g/mol. The number of benzene rings is 1. The molecule has 3 nitrogen and oxygen atoms in total. The van der Waals surface area contributed by atoms with Crippen molar-refractivity contribution in [3.8, 4) is 5.75 Å². The number of ether oxygens (including phenoxy) is 2. The molecule has 0 fully saturated rings. The smallest absolute Gasteiger partial charge is 0.411 e. The van der Waals surface area contributed by atoms with Crippen LogP contribution in [0.2, 0.25) is 0 Å². The van der Waals surface area contributed by atoms with Gasteiger partial charge in [-0.2, -0.15) is 13.2 Å². The Bertz CT molecular complexity index is 404. The topological polar surface area (TPSA) is 38.7 Å². The summed E-state index contributed by atoms with van der Waals surface area (Å²) in [6.07, 6.45) is -5.19. The van der Waals surface area contributed by atoms with Crippen LogP contribution >= 0.6 is 0 Å². The van der Waals surface area contributed by atoms with Gasteiger partial charge in [-0.1, -0.05) is 6.07 Å². The molecule has 1 atom stereocenters. The van der Waals surface area contributed by atoms with E-state index in [-0.39, 0.29) is 19.0 Å². The first-order valence-corrected chi connectivity index (χ1v) is 5.54. The quantitative estimate of drug-likeness (QED) is 0.644. The van der Waals surface area contributed by atoms with E-state index >= 15 is 0 Å². The molecule has 0 heterocycles. The summed E-state index contributed by atoms with van der Waals surface area (Å²) in [5.41, 5.74) is 0.387. The predicted molar refractivity (Wildman–Crippen MR) is 59.4 cm³/mol. The lowest BCUT2D eigenvalue weighted by Crippen LogP contribution is -2.19. The lowest BCUT2D eigenvalue weighted by atomic mass is 10.1. The maximum absolute atomic E-state index is 13.5. The molecule has 0 aliphatic heterocycles. The Balaban J connectivity index is 2.38. The molecule has 0 bridgehead atoms. The second-order valence-electron chi connectivity index (χ2n) is 3.88. The van der Waals surface area contributed by atoms with E-state index in [0.29, 0.717) is 5.56 Å². The van der Waals surface area contributed by atoms with Crippen molar-refractivity contribution < 1.29 is 32.1 Å². The summed E-state index contributed by atoms with van der Waals surface area (Å²) in [5, 5.41) is 9.23. The van der Waals surface area contributed by atoms with Crippen molar-refractivity contribution in [3.63, 3.8) is 0 Å². The summed E-state index contributed by atoms with van der Waals surface area (Å²) in [6.45, 7) is -0.363. The summed E-state index contributed by atoms with van der Waals surface area (Å²) in [6, 6.07) is 3.89. The highest BCUT2D eigenvalue weighted by molar-refractivity contribution is 5.30. The van der Waals surface area contributed by atoms with E-state index in [1.165, 1.54) is 19.1 Å². The molecule has 0 aliphatic rings. The highest BCUT2D eigenvalue weighted by atomic mass is 19.4. The molecule has 108 valence electrons. The number of aliphatic hydroxyl groups excluding tert-OH is 1. The first-order chi connectivity index (χ1) is 8.79. The van der Waals surface area contributed by atoms with E-state index < -0.39 is 24.7 Å². The van der Waals surface area contributed by atoms with Crippen LogP contribution in [0.25, 0.3) is 0 Å². The Kier molecular flexibility index (Phi) is 5.56. The molecule has 1 rings (SSSR count). The van der Waals surface area contributed by atoms with E-state index in [2.05, 4.69) is 4.74 Å². The Morgan fingerprint density at radius 1 is 1.26 bits per heavy atom. The number of aliphatic hydroxyl groups is 1. The summed E-state index contributed by atoms with van der Waals surface area (Å²) < 4.78 is 57.9. The molecule has 1 N–H and O–H groups in total. The molecule has 1 aromatic carbocycles. The van der Waals surface area contributed by atoms with Crippen molar-refractivity contribution in [2.24, 2.45) is 0 Å². The molecule has 7 heteroatoms. The number of rotatable bonds is 6. The highest BCUT2D eigenvalue weighted by Gasteiger charge is 2.27. The summed E-state index contributed by atoms with van der Waals surface area (Å²) >= 11 is 0. The largest absolute Gasteiger partial charge is 0.488 e. The maximum atomic E-state index is 13.5. The van der Waals surface area contributed by atoms with E-state index in [1.54, 1.807) is 0 Å². The van der Waals surface area contributed by atoms with Crippen molar-refractivity contribution in [2.75, 3.05) is 19.8 Å². The van der Waals surface area contributed by atoms with E-state index in [0.717, 1.165) is 6.07 Å². The molecule has 0 saturated carbocycles. The first-order valence-electron chi connectivity index (χ1n) is 5.54. The molecule has 0 aromatic heterocycles. The molecule has 0 amide bonds. The predicted octanol–water partition coefficient (Wildman–Crippen LogP) is 2.84. The average molecular weight is 282 g/mol. The van der Waals surface area contributed by atoms with E-state index in [4.69, 9.17) is 4.74 Å². The summed E-state index contributed by atoms with van der Waals surface area (Å²) in [7, 11) is 0. The van der Waals surface area contributed by atoms with Crippen molar-refractivity contribution >= 4 is 0 Å². The highest BCUT2D eigenvalue weighted by Crippen LogP contribution is 2.22. The third-order valence-corrected chi connectivity index (χ3v) is 2.19. The Hall–Kier alpha value is -1.34. The SMILES string of the molecule is CC(O)c1ccc(OCCOCC(F)(F)F)c(F)c1. The molecule has 0 aliphatic carbocycles. The zero-order valence-corrected chi connectivity index (χ0v) is 10.2.